The van der Waals surface area contributed by atoms with Crippen LogP contribution in [0.2, 0.25) is 0 Å². The number of rotatable bonds is 3. The lowest BCUT2D eigenvalue weighted by molar-refractivity contribution is 0.331. The van der Waals surface area contributed by atoms with Gasteiger partial charge in [0.1, 0.15) is 0 Å². The highest BCUT2D eigenvalue weighted by Gasteiger charge is 2.40. The van der Waals surface area contributed by atoms with E-state index in [0.717, 1.165) is 0 Å². The Balaban J connectivity index is 1.64. The Labute approximate surface area is 219 Å². The number of nitrogens with one attached hydrogen (secondary N) is 1. The number of benzene rings is 3. The summed E-state index contributed by atoms with van der Waals surface area (Å²) in [6.45, 7) is 21.3. The first kappa shape index (κ1) is 24.9. The number of hydrogen-bond donors (Lipinski definition) is 1. The first-order valence-corrected chi connectivity index (χ1v) is 13.6. The quantitative estimate of drug-likeness (QED) is 0.396. The lowest BCUT2D eigenvalue weighted by atomic mass is 9.62. The lowest BCUT2D eigenvalue weighted by Crippen LogP contribution is -2.34. The molecule has 0 aromatic heterocycles. The average molecular weight is 478 g/mol. The maximum atomic E-state index is 3.91. The van der Waals surface area contributed by atoms with Gasteiger partial charge in [-0.05, 0) is 75.1 Å². The van der Waals surface area contributed by atoms with Crippen LogP contribution in [-0.4, -0.2) is 0 Å². The predicted molar refractivity (Wildman–Crippen MR) is 157 cm³/mol. The maximum absolute atomic E-state index is 3.91. The SMILES string of the molecule is CC(C)(C)c1ccc(NC2=CC(C)(C)c3cc4c(cc32)C(C)(C)CCC4(C)C)c(-c2ccccc2)c1. The van der Waals surface area contributed by atoms with E-state index in [-0.39, 0.29) is 21.7 Å². The second kappa shape index (κ2) is 8.10. The normalized spacial score (nSPS) is 19.3. The van der Waals surface area contributed by atoms with Crippen LogP contribution < -0.4 is 5.32 Å². The molecule has 0 spiro atoms. The van der Waals surface area contributed by atoms with Gasteiger partial charge in [0.2, 0.25) is 0 Å². The van der Waals surface area contributed by atoms with Crippen molar-refractivity contribution in [1.82, 2.24) is 0 Å². The minimum absolute atomic E-state index is 0.0113. The van der Waals surface area contributed by atoms with Gasteiger partial charge in [-0.2, -0.15) is 0 Å². The molecule has 0 radical (unpaired) electrons. The summed E-state index contributed by atoms with van der Waals surface area (Å²) in [7, 11) is 0. The first-order valence-electron chi connectivity index (χ1n) is 13.6. The molecular formula is C35H43N. The van der Waals surface area contributed by atoms with Gasteiger partial charge in [-0.1, -0.05) is 111 Å². The van der Waals surface area contributed by atoms with Gasteiger partial charge in [0, 0.05) is 27.9 Å². The fraction of sp³-hybridized carbons (Fsp3) is 0.429. The monoisotopic (exact) mass is 477 g/mol. The predicted octanol–water partition coefficient (Wildman–Crippen LogP) is 9.74. The zero-order chi connectivity index (χ0) is 26.1. The third-order valence-corrected chi connectivity index (χ3v) is 8.72. The molecule has 36 heavy (non-hydrogen) atoms. The van der Waals surface area contributed by atoms with Gasteiger partial charge in [-0.25, -0.2) is 0 Å². The van der Waals surface area contributed by atoms with Crippen LogP contribution in [0.3, 0.4) is 0 Å². The molecule has 3 aromatic carbocycles. The molecule has 1 nitrogen and oxygen atoms in total. The highest BCUT2D eigenvalue weighted by Crippen LogP contribution is 2.51. The van der Waals surface area contributed by atoms with E-state index in [0.29, 0.717) is 0 Å². The van der Waals surface area contributed by atoms with Crippen molar-refractivity contribution in [1.29, 1.82) is 0 Å². The lowest BCUT2D eigenvalue weighted by Gasteiger charge is -2.42. The topological polar surface area (TPSA) is 12.0 Å². The van der Waals surface area contributed by atoms with Crippen molar-refractivity contribution in [3.63, 3.8) is 0 Å². The van der Waals surface area contributed by atoms with Crippen LogP contribution in [0.4, 0.5) is 5.69 Å². The van der Waals surface area contributed by atoms with Crippen molar-refractivity contribution in [3.05, 3.63) is 94.6 Å². The minimum Gasteiger partial charge on any atom is -0.355 e. The summed E-state index contributed by atoms with van der Waals surface area (Å²) in [6.07, 6.45) is 4.91. The Morgan fingerprint density at radius 2 is 1.28 bits per heavy atom. The molecule has 0 atom stereocenters. The molecule has 0 saturated carbocycles. The molecule has 188 valence electrons. The first-order chi connectivity index (χ1) is 16.7. The highest BCUT2D eigenvalue weighted by molar-refractivity contribution is 5.90. The van der Waals surface area contributed by atoms with E-state index in [2.05, 4.69) is 134 Å². The number of anilines is 1. The molecular weight excluding hydrogens is 434 g/mol. The Morgan fingerprint density at radius 3 is 1.89 bits per heavy atom. The molecule has 2 aliphatic rings. The van der Waals surface area contributed by atoms with Crippen molar-refractivity contribution >= 4 is 11.4 Å². The largest absolute Gasteiger partial charge is 0.355 e. The Morgan fingerprint density at radius 1 is 0.667 bits per heavy atom. The fourth-order valence-corrected chi connectivity index (χ4v) is 6.11. The van der Waals surface area contributed by atoms with E-state index < -0.39 is 0 Å². The van der Waals surface area contributed by atoms with Gasteiger partial charge in [0.15, 0.2) is 0 Å². The third-order valence-electron chi connectivity index (χ3n) is 8.72. The molecule has 0 heterocycles. The van der Waals surface area contributed by atoms with Crippen molar-refractivity contribution < 1.29 is 0 Å². The third kappa shape index (κ3) is 4.21. The van der Waals surface area contributed by atoms with Crippen LogP contribution in [0.5, 0.6) is 0 Å². The van der Waals surface area contributed by atoms with Gasteiger partial charge >= 0.3 is 0 Å². The van der Waals surface area contributed by atoms with Crippen molar-refractivity contribution in [2.24, 2.45) is 0 Å². The summed E-state index contributed by atoms with van der Waals surface area (Å²) in [5.41, 5.74) is 12.6. The molecule has 0 fully saturated rings. The summed E-state index contributed by atoms with van der Waals surface area (Å²) in [4.78, 5) is 0. The van der Waals surface area contributed by atoms with Gasteiger partial charge in [-0.15, -0.1) is 0 Å². The van der Waals surface area contributed by atoms with Crippen LogP contribution >= 0.6 is 0 Å². The van der Waals surface area contributed by atoms with Gasteiger partial charge in [0.25, 0.3) is 0 Å². The second-order valence-corrected chi connectivity index (χ2v) is 14.0. The van der Waals surface area contributed by atoms with E-state index in [1.54, 1.807) is 5.56 Å². The van der Waals surface area contributed by atoms with Crippen LogP contribution in [0, 0.1) is 0 Å². The van der Waals surface area contributed by atoms with Crippen LogP contribution in [0.1, 0.15) is 103 Å². The van der Waals surface area contributed by atoms with Crippen LogP contribution in [0.25, 0.3) is 16.8 Å². The standard InChI is InChI=1S/C35H43N/c1-32(2,3)24-15-16-30(25(19-24)23-13-11-10-12-14-23)36-31-22-35(8,9)27-21-29-28(20-26(27)31)33(4,5)17-18-34(29,6)7/h10-16,19-22,36H,17-18H2,1-9H3. The maximum Gasteiger partial charge on any atom is 0.0464 e. The summed E-state index contributed by atoms with van der Waals surface area (Å²) in [6, 6.07) is 22.8. The molecule has 0 saturated heterocycles. The fourth-order valence-electron chi connectivity index (χ4n) is 6.11. The molecule has 0 amide bonds. The van der Waals surface area contributed by atoms with Crippen LogP contribution in [0.15, 0.2) is 66.7 Å². The molecule has 0 unspecified atom stereocenters. The molecule has 0 aliphatic heterocycles. The second-order valence-electron chi connectivity index (χ2n) is 14.0. The summed E-state index contributed by atoms with van der Waals surface area (Å²) in [5.74, 6) is 0. The van der Waals surface area contributed by atoms with Gasteiger partial charge in [0.05, 0.1) is 0 Å². The van der Waals surface area contributed by atoms with E-state index in [9.17, 15) is 0 Å². The van der Waals surface area contributed by atoms with Gasteiger partial charge in [-0.3, -0.25) is 0 Å². The van der Waals surface area contributed by atoms with E-state index >= 15 is 0 Å². The molecule has 3 aromatic rings. The van der Waals surface area contributed by atoms with E-state index in [1.165, 1.54) is 57.6 Å². The average Bonchev–Trinajstić information content (AvgIpc) is 3.05. The number of fused-ring (bicyclic) bond motifs is 2. The van der Waals surface area contributed by atoms with E-state index in [1.807, 2.05) is 0 Å². The molecule has 2 aliphatic carbocycles. The van der Waals surface area contributed by atoms with Crippen molar-refractivity contribution in [2.45, 2.75) is 96.8 Å². The van der Waals surface area contributed by atoms with Crippen LogP contribution in [-0.2, 0) is 21.7 Å². The minimum atomic E-state index is -0.0113. The summed E-state index contributed by atoms with van der Waals surface area (Å²) in [5, 5.41) is 3.91. The molecule has 5 rings (SSSR count). The van der Waals surface area contributed by atoms with Crippen molar-refractivity contribution in [3.8, 4) is 11.1 Å². The smallest absolute Gasteiger partial charge is 0.0464 e. The molecule has 1 N–H and O–H groups in total. The van der Waals surface area contributed by atoms with Gasteiger partial charge < -0.3 is 5.32 Å². The Bertz CT molecular complexity index is 1340. The number of hydrogen-bond acceptors (Lipinski definition) is 1. The van der Waals surface area contributed by atoms with E-state index in [4.69, 9.17) is 0 Å². The Kier molecular flexibility index (Phi) is 5.60. The zero-order valence-electron chi connectivity index (χ0n) is 23.8. The summed E-state index contributed by atoms with van der Waals surface area (Å²) >= 11 is 0. The molecule has 1 heteroatoms. The Hall–Kier alpha value is -2.80. The number of allylic oxidation sites excluding steroid dienone is 1. The molecule has 0 bridgehead atoms. The summed E-state index contributed by atoms with van der Waals surface area (Å²) < 4.78 is 0. The van der Waals surface area contributed by atoms with Crippen molar-refractivity contribution in [2.75, 3.05) is 5.32 Å². The highest BCUT2D eigenvalue weighted by atomic mass is 14.9. The zero-order valence-corrected chi connectivity index (χ0v) is 23.8.